The Kier molecular flexibility index (Phi) is 4.76. The van der Waals surface area contributed by atoms with Crippen LogP contribution in [0.3, 0.4) is 0 Å². The lowest BCUT2D eigenvalue weighted by atomic mass is 10.4. The summed E-state index contributed by atoms with van der Waals surface area (Å²) < 4.78 is 6.29. The van der Waals surface area contributed by atoms with Crippen molar-refractivity contribution in [1.29, 1.82) is 0 Å². The second-order valence-corrected chi connectivity index (χ2v) is 14.7. The summed E-state index contributed by atoms with van der Waals surface area (Å²) in [5.41, 5.74) is 0. The van der Waals surface area contributed by atoms with Crippen LogP contribution in [0, 0.1) is 0 Å². The topological polar surface area (TPSA) is 9.23 Å². The molecule has 18 heavy (non-hydrogen) atoms. The van der Waals surface area contributed by atoms with E-state index in [-0.39, 0.29) is 0 Å². The molecule has 1 aromatic rings. The van der Waals surface area contributed by atoms with Crippen molar-refractivity contribution in [3.8, 4) is 0 Å². The standard InChI is InChI=1S/C15H24OSi2/c1-7-11-15(16-17(2,3)4)18(5,6)14-12-9-8-10-13-14/h7-13H,1H2,2-6H3/b15-11-. The minimum atomic E-state index is -1.74. The number of rotatable bonds is 5. The van der Waals surface area contributed by atoms with Crippen molar-refractivity contribution in [3.63, 3.8) is 0 Å². The van der Waals surface area contributed by atoms with Crippen molar-refractivity contribution in [2.24, 2.45) is 0 Å². The third-order valence-electron chi connectivity index (χ3n) is 2.80. The first kappa shape index (κ1) is 15.0. The molecule has 0 aliphatic carbocycles. The van der Waals surface area contributed by atoms with E-state index in [2.05, 4.69) is 75.7 Å². The zero-order valence-electron chi connectivity index (χ0n) is 12.2. The molecule has 0 amide bonds. The molecule has 0 atom stereocenters. The van der Waals surface area contributed by atoms with Gasteiger partial charge in [-0.3, -0.25) is 0 Å². The van der Waals surface area contributed by atoms with Crippen LogP contribution in [0.5, 0.6) is 0 Å². The van der Waals surface area contributed by atoms with Crippen molar-refractivity contribution in [3.05, 3.63) is 54.4 Å². The molecule has 0 aliphatic heterocycles. The Bertz CT molecular complexity index is 428. The van der Waals surface area contributed by atoms with Gasteiger partial charge in [0.2, 0.25) is 8.32 Å². The average Bonchev–Trinajstić information content (AvgIpc) is 2.28. The van der Waals surface area contributed by atoms with Gasteiger partial charge in [0.1, 0.15) is 0 Å². The summed E-state index contributed by atoms with van der Waals surface area (Å²) in [6.07, 6.45) is 3.89. The summed E-state index contributed by atoms with van der Waals surface area (Å²) in [4.78, 5) is 0. The molecular weight excluding hydrogens is 252 g/mol. The summed E-state index contributed by atoms with van der Waals surface area (Å²) in [5.74, 6) is 0. The van der Waals surface area contributed by atoms with Crippen molar-refractivity contribution in [2.45, 2.75) is 32.7 Å². The first-order valence-corrected chi connectivity index (χ1v) is 12.8. The maximum absolute atomic E-state index is 6.29. The largest absolute Gasteiger partial charge is 0.551 e. The lowest BCUT2D eigenvalue weighted by Crippen LogP contribution is -2.47. The summed E-state index contributed by atoms with van der Waals surface area (Å²) in [6.45, 7) is 15.1. The molecule has 0 aliphatic rings. The highest BCUT2D eigenvalue weighted by atomic mass is 28.4. The number of hydrogen-bond acceptors (Lipinski definition) is 1. The zero-order valence-corrected chi connectivity index (χ0v) is 14.2. The minimum absolute atomic E-state index is 1.14. The molecule has 0 N–H and O–H groups in total. The second kappa shape index (κ2) is 5.72. The molecule has 0 radical (unpaired) electrons. The van der Waals surface area contributed by atoms with Crippen molar-refractivity contribution in [2.75, 3.05) is 0 Å². The van der Waals surface area contributed by atoms with Gasteiger partial charge in [-0.25, -0.2) is 0 Å². The van der Waals surface area contributed by atoms with Gasteiger partial charge >= 0.3 is 0 Å². The lowest BCUT2D eigenvalue weighted by Gasteiger charge is -2.32. The van der Waals surface area contributed by atoms with Crippen LogP contribution in [0.1, 0.15) is 0 Å². The summed E-state index contributed by atoms with van der Waals surface area (Å²) in [7, 11) is -3.32. The molecule has 0 saturated heterocycles. The molecule has 0 saturated carbocycles. The van der Waals surface area contributed by atoms with E-state index < -0.39 is 16.4 Å². The molecule has 98 valence electrons. The van der Waals surface area contributed by atoms with E-state index in [9.17, 15) is 0 Å². The quantitative estimate of drug-likeness (QED) is 0.448. The van der Waals surface area contributed by atoms with Crippen LogP contribution in [0.2, 0.25) is 32.7 Å². The fourth-order valence-electron chi connectivity index (χ4n) is 1.80. The molecule has 1 nitrogen and oxygen atoms in total. The van der Waals surface area contributed by atoms with E-state index in [1.807, 2.05) is 6.08 Å². The predicted molar refractivity (Wildman–Crippen MR) is 86.3 cm³/mol. The van der Waals surface area contributed by atoms with Crippen molar-refractivity contribution in [1.82, 2.24) is 0 Å². The van der Waals surface area contributed by atoms with Gasteiger partial charge in [-0.1, -0.05) is 61.3 Å². The van der Waals surface area contributed by atoms with E-state index in [0.717, 1.165) is 5.38 Å². The van der Waals surface area contributed by atoms with Gasteiger partial charge in [0.15, 0.2) is 8.07 Å². The van der Waals surface area contributed by atoms with Crippen LogP contribution in [-0.2, 0) is 4.43 Å². The fourth-order valence-corrected chi connectivity index (χ4v) is 6.32. The van der Waals surface area contributed by atoms with Gasteiger partial charge in [-0.15, -0.1) is 0 Å². The number of hydrogen-bond donors (Lipinski definition) is 0. The molecule has 0 heterocycles. The van der Waals surface area contributed by atoms with E-state index in [1.165, 1.54) is 5.19 Å². The maximum atomic E-state index is 6.29. The van der Waals surface area contributed by atoms with Crippen LogP contribution in [0.4, 0.5) is 0 Å². The molecule has 0 unspecified atom stereocenters. The molecule has 3 heteroatoms. The monoisotopic (exact) mass is 276 g/mol. The Labute approximate surface area is 113 Å². The van der Waals surface area contributed by atoms with E-state index in [4.69, 9.17) is 4.43 Å². The van der Waals surface area contributed by atoms with Gasteiger partial charge in [-0.2, -0.15) is 0 Å². The summed E-state index contributed by atoms with van der Waals surface area (Å²) in [6, 6.07) is 10.7. The molecular formula is C15H24OSi2. The SMILES string of the molecule is C=C/C=C(/O[Si](C)(C)C)[Si](C)(C)c1ccccc1. The molecule has 1 aromatic carbocycles. The minimum Gasteiger partial charge on any atom is -0.551 e. The Hall–Kier alpha value is -1.07. The van der Waals surface area contributed by atoms with Crippen LogP contribution >= 0.6 is 0 Å². The van der Waals surface area contributed by atoms with Crippen LogP contribution in [-0.4, -0.2) is 16.4 Å². The van der Waals surface area contributed by atoms with Crippen molar-refractivity contribution >= 4 is 21.6 Å². The Morgan fingerprint density at radius 1 is 1.06 bits per heavy atom. The van der Waals surface area contributed by atoms with Crippen LogP contribution < -0.4 is 5.19 Å². The fraction of sp³-hybridized carbons (Fsp3) is 0.333. The third-order valence-corrected chi connectivity index (χ3v) is 7.11. The second-order valence-electron chi connectivity index (χ2n) is 5.97. The van der Waals surface area contributed by atoms with Gasteiger partial charge in [0.05, 0.1) is 5.38 Å². The molecule has 0 spiro atoms. The maximum Gasteiger partial charge on any atom is 0.241 e. The Balaban J connectivity index is 3.13. The highest BCUT2D eigenvalue weighted by Gasteiger charge is 2.32. The summed E-state index contributed by atoms with van der Waals surface area (Å²) >= 11 is 0. The molecule has 0 bridgehead atoms. The van der Waals surface area contributed by atoms with Crippen LogP contribution in [0.15, 0.2) is 54.4 Å². The summed E-state index contributed by atoms with van der Waals surface area (Å²) in [5, 5.41) is 2.54. The zero-order chi connectivity index (χ0) is 13.8. The van der Waals surface area contributed by atoms with Crippen LogP contribution in [0.25, 0.3) is 0 Å². The Morgan fingerprint density at radius 3 is 2.06 bits per heavy atom. The first-order chi connectivity index (χ1) is 8.27. The highest BCUT2D eigenvalue weighted by molar-refractivity contribution is 6.96. The first-order valence-electron chi connectivity index (χ1n) is 6.35. The van der Waals surface area contributed by atoms with Gasteiger partial charge in [-0.05, 0) is 25.7 Å². The van der Waals surface area contributed by atoms with Gasteiger partial charge in [0.25, 0.3) is 0 Å². The average molecular weight is 277 g/mol. The Morgan fingerprint density at radius 2 is 1.61 bits per heavy atom. The lowest BCUT2D eigenvalue weighted by molar-refractivity contribution is 0.453. The van der Waals surface area contributed by atoms with Gasteiger partial charge < -0.3 is 4.43 Å². The normalized spacial score (nSPS) is 13.3. The smallest absolute Gasteiger partial charge is 0.241 e. The van der Waals surface area contributed by atoms with Gasteiger partial charge in [0, 0.05) is 0 Å². The molecule has 0 aromatic heterocycles. The third kappa shape index (κ3) is 4.00. The number of allylic oxidation sites excluding steroid dienone is 2. The van der Waals surface area contributed by atoms with E-state index in [1.54, 1.807) is 0 Å². The number of benzene rings is 1. The molecule has 1 rings (SSSR count). The molecule has 0 fully saturated rings. The van der Waals surface area contributed by atoms with Crippen molar-refractivity contribution < 1.29 is 4.43 Å². The van der Waals surface area contributed by atoms with E-state index >= 15 is 0 Å². The van der Waals surface area contributed by atoms with E-state index in [0.29, 0.717) is 0 Å². The predicted octanol–water partition coefficient (Wildman–Crippen LogP) is 4.06. The highest BCUT2D eigenvalue weighted by Crippen LogP contribution is 2.21.